The Hall–Kier alpha value is -2.93. The Labute approximate surface area is 247 Å². The molecule has 1 amide bonds. The minimum Gasteiger partial charge on any atom is -0.492 e. The van der Waals surface area contributed by atoms with Crippen molar-refractivity contribution in [3.8, 4) is 11.8 Å². The van der Waals surface area contributed by atoms with Crippen LogP contribution in [0.15, 0.2) is 30.3 Å². The third-order valence-corrected chi connectivity index (χ3v) is 8.99. The van der Waals surface area contributed by atoms with Crippen LogP contribution in [-0.4, -0.2) is 65.2 Å². The fourth-order valence-electron chi connectivity index (χ4n) is 5.84. The molecule has 2 aromatic carbocycles. The normalized spacial score (nSPS) is 23.2. The third kappa shape index (κ3) is 6.30. The van der Waals surface area contributed by atoms with Crippen molar-refractivity contribution >= 4 is 35.1 Å². The Kier molecular flexibility index (Phi) is 8.47. The lowest BCUT2D eigenvalue weighted by molar-refractivity contribution is -0.141. The second-order valence-electron chi connectivity index (χ2n) is 11.4. The summed E-state index contributed by atoms with van der Waals surface area (Å²) in [6.45, 7) is 3.04. The van der Waals surface area contributed by atoms with Gasteiger partial charge in [-0.1, -0.05) is 23.2 Å². The molecule has 1 N–H and O–H groups in total. The first-order chi connectivity index (χ1) is 19.5. The Morgan fingerprint density at radius 2 is 1.83 bits per heavy atom. The molecule has 2 aliphatic heterocycles. The third-order valence-electron chi connectivity index (χ3n) is 8.55. The molecule has 218 valence electrons. The summed E-state index contributed by atoms with van der Waals surface area (Å²) in [7, 11) is 0. The number of aliphatic carboxylic acids is 1. The van der Waals surface area contributed by atoms with E-state index in [-0.39, 0.29) is 36.3 Å². The molecule has 0 aromatic heterocycles. The molecule has 0 bridgehead atoms. The van der Waals surface area contributed by atoms with Crippen LogP contribution in [-0.2, 0) is 4.79 Å². The fourth-order valence-corrected chi connectivity index (χ4v) is 6.39. The van der Waals surface area contributed by atoms with E-state index in [0.717, 1.165) is 29.4 Å². The minimum atomic E-state index is -1.48. The summed E-state index contributed by atoms with van der Waals surface area (Å²) in [6, 6.07) is 9.16. The van der Waals surface area contributed by atoms with Gasteiger partial charge < -0.3 is 14.7 Å². The topological polar surface area (TPSA) is 93.9 Å². The molecule has 2 aromatic rings. The van der Waals surface area contributed by atoms with Crippen LogP contribution in [0.3, 0.4) is 0 Å². The highest BCUT2D eigenvalue weighted by atomic mass is 35.5. The summed E-state index contributed by atoms with van der Waals surface area (Å²) in [6.07, 6.45) is 0.985. The molecule has 0 spiro atoms. The first kappa shape index (κ1) is 29.6. The van der Waals surface area contributed by atoms with Crippen molar-refractivity contribution in [3.05, 3.63) is 62.9 Å². The SMILES string of the molecule is C[C@H](c1cc(Cl)cc(Cl)c1)N1CCC(C#N)(COc2cc(F)c(C(=O)N3CC(F)CC3C(=O)O)cc2C2CC2)CC1. The second-order valence-corrected chi connectivity index (χ2v) is 12.3. The number of nitrogens with zero attached hydrogens (tertiary/aromatic N) is 3. The van der Waals surface area contributed by atoms with Crippen LogP contribution in [0.5, 0.6) is 5.75 Å². The van der Waals surface area contributed by atoms with E-state index in [4.69, 9.17) is 27.9 Å². The molecular weight excluding hydrogens is 575 g/mol. The molecule has 11 heteroatoms. The van der Waals surface area contributed by atoms with E-state index in [1.807, 2.05) is 12.1 Å². The van der Waals surface area contributed by atoms with E-state index in [9.17, 15) is 24.3 Å². The zero-order valence-corrected chi connectivity index (χ0v) is 24.1. The van der Waals surface area contributed by atoms with Crippen LogP contribution in [0.2, 0.25) is 10.0 Å². The standard InChI is InChI=1S/C30H31Cl2F2N3O4/c1-17(19-8-20(31)10-21(32)9-19)36-6-4-30(15-35,5-7-36)16-41-27-13-25(34)24(12-23(27)18-2-3-18)28(38)37-14-22(33)11-26(37)29(39)40/h8-10,12-13,17-18,22,26H,2-7,11,14,16H2,1H3,(H,39,40)/t17-,22?,26?/m1/s1. The maximum absolute atomic E-state index is 15.3. The van der Waals surface area contributed by atoms with Gasteiger partial charge in [-0.25, -0.2) is 13.6 Å². The number of carbonyl (C=O) groups excluding carboxylic acids is 1. The van der Waals surface area contributed by atoms with E-state index in [0.29, 0.717) is 41.5 Å². The highest BCUT2D eigenvalue weighted by Crippen LogP contribution is 2.46. The van der Waals surface area contributed by atoms with Crippen molar-refractivity contribution in [3.63, 3.8) is 0 Å². The van der Waals surface area contributed by atoms with Gasteiger partial charge in [-0.2, -0.15) is 5.26 Å². The Balaban J connectivity index is 1.29. The molecule has 2 heterocycles. The largest absolute Gasteiger partial charge is 0.492 e. The average molecular weight is 606 g/mol. The second kappa shape index (κ2) is 11.7. The zero-order chi connectivity index (χ0) is 29.5. The average Bonchev–Trinajstić information content (AvgIpc) is 3.71. The molecule has 1 aliphatic carbocycles. The number of alkyl halides is 1. The summed E-state index contributed by atoms with van der Waals surface area (Å²) < 4.78 is 35.4. The maximum atomic E-state index is 15.3. The van der Waals surface area contributed by atoms with E-state index < -0.39 is 41.9 Å². The number of hydrogen-bond acceptors (Lipinski definition) is 5. The quantitative estimate of drug-likeness (QED) is 0.374. The van der Waals surface area contributed by atoms with Crippen LogP contribution >= 0.6 is 23.2 Å². The highest BCUT2D eigenvalue weighted by Gasteiger charge is 2.42. The van der Waals surface area contributed by atoms with Gasteiger partial charge in [0.15, 0.2) is 0 Å². The molecule has 41 heavy (non-hydrogen) atoms. The molecule has 2 saturated heterocycles. The van der Waals surface area contributed by atoms with Crippen molar-refractivity contribution in [2.45, 2.75) is 63.2 Å². The number of benzene rings is 2. The number of carboxylic acid groups (broad SMARTS) is 1. The number of likely N-dealkylation sites (tertiary alicyclic amines) is 2. The predicted octanol–water partition coefficient (Wildman–Crippen LogP) is 6.39. The molecule has 0 radical (unpaired) electrons. The molecule has 3 fully saturated rings. The van der Waals surface area contributed by atoms with Crippen LogP contribution in [0.25, 0.3) is 0 Å². The van der Waals surface area contributed by atoms with Crippen molar-refractivity contribution in [1.82, 2.24) is 9.80 Å². The molecule has 3 aliphatic rings. The van der Waals surface area contributed by atoms with E-state index in [1.54, 1.807) is 6.07 Å². The van der Waals surface area contributed by atoms with Gasteiger partial charge in [0.1, 0.15) is 30.4 Å². The van der Waals surface area contributed by atoms with Gasteiger partial charge in [0.05, 0.1) is 23.6 Å². The summed E-state index contributed by atoms with van der Waals surface area (Å²) in [5, 5.41) is 20.7. The number of carbonyl (C=O) groups is 2. The number of piperidine rings is 1. The molecule has 5 rings (SSSR count). The zero-order valence-electron chi connectivity index (χ0n) is 22.6. The molecule has 2 unspecified atom stereocenters. The summed E-state index contributed by atoms with van der Waals surface area (Å²) in [5.74, 6) is -2.68. The number of amides is 1. The summed E-state index contributed by atoms with van der Waals surface area (Å²) in [5.41, 5.74) is 0.578. The van der Waals surface area contributed by atoms with Gasteiger partial charge >= 0.3 is 5.97 Å². The number of rotatable bonds is 8. The summed E-state index contributed by atoms with van der Waals surface area (Å²) >= 11 is 12.4. The van der Waals surface area contributed by atoms with Gasteiger partial charge in [-0.15, -0.1) is 0 Å². The number of ether oxygens (including phenoxy) is 1. The monoisotopic (exact) mass is 605 g/mol. The fraction of sp³-hybridized carbons (Fsp3) is 0.500. The first-order valence-electron chi connectivity index (χ1n) is 13.8. The lowest BCUT2D eigenvalue weighted by Gasteiger charge is -2.40. The Morgan fingerprint density at radius 3 is 2.41 bits per heavy atom. The smallest absolute Gasteiger partial charge is 0.326 e. The van der Waals surface area contributed by atoms with Crippen molar-refractivity contribution in [1.29, 1.82) is 5.26 Å². The molecular formula is C30H31Cl2F2N3O4. The number of nitriles is 1. The van der Waals surface area contributed by atoms with E-state index in [1.165, 1.54) is 6.07 Å². The van der Waals surface area contributed by atoms with Crippen LogP contribution in [0.4, 0.5) is 8.78 Å². The van der Waals surface area contributed by atoms with Crippen molar-refractivity contribution in [2.75, 3.05) is 26.2 Å². The highest BCUT2D eigenvalue weighted by molar-refractivity contribution is 6.34. The van der Waals surface area contributed by atoms with Gasteiger partial charge in [-0.05, 0) is 73.9 Å². The van der Waals surface area contributed by atoms with Gasteiger partial charge in [0.2, 0.25) is 0 Å². The number of halogens is 4. The Bertz CT molecular complexity index is 1370. The van der Waals surface area contributed by atoms with Crippen LogP contribution in [0.1, 0.15) is 72.5 Å². The lowest BCUT2D eigenvalue weighted by Crippen LogP contribution is -2.43. The molecule has 1 saturated carbocycles. The maximum Gasteiger partial charge on any atom is 0.326 e. The van der Waals surface area contributed by atoms with Gasteiger partial charge in [-0.3, -0.25) is 9.69 Å². The summed E-state index contributed by atoms with van der Waals surface area (Å²) in [4.78, 5) is 27.8. The first-order valence-corrected chi connectivity index (χ1v) is 14.5. The number of hydrogen-bond donors (Lipinski definition) is 1. The predicted molar refractivity (Wildman–Crippen MR) is 150 cm³/mol. The molecule has 7 nitrogen and oxygen atoms in total. The van der Waals surface area contributed by atoms with Crippen LogP contribution < -0.4 is 4.74 Å². The van der Waals surface area contributed by atoms with Gasteiger partial charge in [0, 0.05) is 41.7 Å². The number of carboxylic acids is 1. The van der Waals surface area contributed by atoms with Gasteiger partial charge in [0.25, 0.3) is 5.91 Å². The lowest BCUT2D eigenvalue weighted by atomic mass is 9.80. The van der Waals surface area contributed by atoms with Crippen molar-refractivity contribution < 1.29 is 28.2 Å². The molecule has 3 atom stereocenters. The van der Waals surface area contributed by atoms with Crippen molar-refractivity contribution in [2.24, 2.45) is 5.41 Å². The van der Waals surface area contributed by atoms with Crippen LogP contribution in [0, 0.1) is 22.6 Å². The van der Waals surface area contributed by atoms with E-state index >= 15 is 4.39 Å². The Morgan fingerprint density at radius 1 is 1.17 bits per heavy atom. The minimum absolute atomic E-state index is 0.0495. The van der Waals surface area contributed by atoms with E-state index in [2.05, 4.69) is 17.9 Å².